The van der Waals surface area contributed by atoms with Crippen LogP contribution in [0.15, 0.2) is 30.3 Å². The van der Waals surface area contributed by atoms with E-state index in [0.717, 1.165) is 66.3 Å². The minimum atomic E-state index is 0.117. The number of amides is 1. The van der Waals surface area contributed by atoms with Gasteiger partial charge in [0.2, 0.25) is 0 Å². The fraction of sp³-hybridized carbons (Fsp3) is 0.429. The Morgan fingerprint density at radius 3 is 2.85 bits per heavy atom. The summed E-state index contributed by atoms with van der Waals surface area (Å²) in [5.74, 6) is 0.960. The van der Waals surface area contributed by atoms with Crippen LogP contribution in [0.3, 0.4) is 0 Å². The van der Waals surface area contributed by atoms with E-state index >= 15 is 0 Å². The van der Waals surface area contributed by atoms with Crippen LogP contribution in [-0.4, -0.2) is 42.2 Å². The molecule has 1 aromatic carbocycles. The number of ether oxygens (including phenoxy) is 2. The van der Waals surface area contributed by atoms with E-state index in [2.05, 4.69) is 6.07 Å². The highest BCUT2D eigenvalue weighted by Crippen LogP contribution is 2.29. The standard InChI is InChI=1S/C21H24N2O3/c1-14-16(10-15-4-3-5-18(11-15)25-2)12-19-20(22-14)13-23(21(19)24)17-6-8-26-9-7-17/h3-5,11-12,17H,6-10,13H2,1-2H3. The summed E-state index contributed by atoms with van der Waals surface area (Å²) in [5, 5.41) is 0. The van der Waals surface area contributed by atoms with E-state index in [1.165, 1.54) is 0 Å². The van der Waals surface area contributed by atoms with Crippen molar-refractivity contribution in [3.63, 3.8) is 0 Å². The number of rotatable bonds is 4. The molecule has 0 unspecified atom stereocenters. The SMILES string of the molecule is COc1cccc(Cc2cc3c(nc2C)CN(C2CCOCC2)C3=O)c1. The van der Waals surface area contributed by atoms with Gasteiger partial charge in [-0.25, -0.2) is 0 Å². The van der Waals surface area contributed by atoms with E-state index < -0.39 is 0 Å². The molecule has 2 aliphatic heterocycles. The van der Waals surface area contributed by atoms with Crippen molar-refractivity contribution in [3.05, 3.63) is 58.4 Å². The Hall–Kier alpha value is -2.40. The molecule has 5 nitrogen and oxygen atoms in total. The first-order valence-electron chi connectivity index (χ1n) is 9.16. The van der Waals surface area contributed by atoms with Crippen molar-refractivity contribution in [3.8, 4) is 5.75 Å². The predicted molar refractivity (Wildman–Crippen MR) is 98.5 cm³/mol. The fourth-order valence-corrected chi connectivity index (χ4v) is 3.86. The Morgan fingerprint density at radius 1 is 1.27 bits per heavy atom. The van der Waals surface area contributed by atoms with E-state index in [4.69, 9.17) is 14.5 Å². The van der Waals surface area contributed by atoms with E-state index in [0.29, 0.717) is 6.54 Å². The third-order valence-corrected chi connectivity index (χ3v) is 5.37. The minimum absolute atomic E-state index is 0.117. The summed E-state index contributed by atoms with van der Waals surface area (Å²) in [5.41, 5.74) is 4.92. The molecule has 5 heteroatoms. The molecule has 2 aliphatic rings. The van der Waals surface area contributed by atoms with Gasteiger partial charge in [-0.3, -0.25) is 9.78 Å². The van der Waals surface area contributed by atoms with Crippen LogP contribution in [0.25, 0.3) is 0 Å². The Labute approximate surface area is 153 Å². The summed E-state index contributed by atoms with van der Waals surface area (Å²) < 4.78 is 10.7. The van der Waals surface area contributed by atoms with E-state index in [1.807, 2.05) is 36.1 Å². The molecule has 0 aliphatic carbocycles. The van der Waals surface area contributed by atoms with Gasteiger partial charge in [-0.1, -0.05) is 12.1 Å². The first-order valence-corrected chi connectivity index (χ1v) is 9.16. The normalized spacial score (nSPS) is 17.5. The zero-order chi connectivity index (χ0) is 18.1. The average Bonchev–Trinajstić information content (AvgIpc) is 2.99. The smallest absolute Gasteiger partial charge is 0.256 e. The number of fused-ring (bicyclic) bond motifs is 1. The number of nitrogens with zero attached hydrogens (tertiary/aromatic N) is 2. The van der Waals surface area contributed by atoms with Crippen LogP contribution in [0.1, 0.15) is 45.7 Å². The highest BCUT2D eigenvalue weighted by atomic mass is 16.5. The van der Waals surface area contributed by atoms with Crippen LogP contribution in [0.2, 0.25) is 0 Å². The number of pyridine rings is 1. The molecule has 0 N–H and O–H groups in total. The number of methoxy groups -OCH3 is 1. The molecule has 4 rings (SSSR count). The van der Waals surface area contributed by atoms with Gasteiger partial charge in [-0.05, 0) is 55.5 Å². The average molecular weight is 352 g/mol. The highest BCUT2D eigenvalue weighted by molar-refractivity contribution is 5.98. The van der Waals surface area contributed by atoms with Crippen molar-refractivity contribution in [2.45, 2.75) is 38.8 Å². The van der Waals surface area contributed by atoms with E-state index in [1.54, 1.807) is 7.11 Å². The Morgan fingerprint density at radius 2 is 2.08 bits per heavy atom. The third-order valence-electron chi connectivity index (χ3n) is 5.37. The maximum Gasteiger partial charge on any atom is 0.256 e. The molecule has 3 heterocycles. The maximum atomic E-state index is 12.9. The van der Waals surface area contributed by atoms with Crippen LogP contribution in [0.5, 0.6) is 5.75 Å². The van der Waals surface area contributed by atoms with Crippen molar-refractivity contribution < 1.29 is 14.3 Å². The molecular weight excluding hydrogens is 328 g/mol. The summed E-state index contributed by atoms with van der Waals surface area (Å²) in [6.07, 6.45) is 2.57. The summed E-state index contributed by atoms with van der Waals surface area (Å²) >= 11 is 0. The summed E-state index contributed by atoms with van der Waals surface area (Å²) in [6.45, 7) is 4.12. The van der Waals surface area contributed by atoms with Crippen molar-refractivity contribution in [1.29, 1.82) is 0 Å². The van der Waals surface area contributed by atoms with Gasteiger partial charge >= 0.3 is 0 Å². The topological polar surface area (TPSA) is 51.7 Å². The molecule has 0 atom stereocenters. The van der Waals surface area contributed by atoms with Crippen molar-refractivity contribution in [1.82, 2.24) is 9.88 Å². The largest absolute Gasteiger partial charge is 0.497 e. The Kier molecular flexibility index (Phi) is 4.64. The van der Waals surface area contributed by atoms with Gasteiger partial charge in [0.15, 0.2) is 0 Å². The second kappa shape index (κ2) is 7.08. The van der Waals surface area contributed by atoms with Crippen LogP contribution >= 0.6 is 0 Å². The number of aromatic nitrogens is 1. The lowest BCUT2D eigenvalue weighted by Gasteiger charge is -2.30. The second-order valence-electron chi connectivity index (χ2n) is 7.03. The van der Waals surface area contributed by atoms with Crippen molar-refractivity contribution in [2.75, 3.05) is 20.3 Å². The van der Waals surface area contributed by atoms with Gasteiger partial charge in [0.1, 0.15) is 5.75 Å². The molecule has 0 spiro atoms. The van der Waals surface area contributed by atoms with Gasteiger partial charge in [-0.2, -0.15) is 0 Å². The number of carbonyl (C=O) groups is 1. The van der Waals surface area contributed by atoms with Gasteiger partial charge in [0.05, 0.1) is 24.9 Å². The zero-order valence-electron chi connectivity index (χ0n) is 15.3. The highest BCUT2D eigenvalue weighted by Gasteiger charge is 2.35. The van der Waals surface area contributed by atoms with Crippen molar-refractivity contribution in [2.24, 2.45) is 0 Å². The van der Waals surface area contributed by atoms with Gasteiger partial charge in [-0.15, -0.1) is 0 Å². The third kappa shape index (κ3) is 3.19. The zero-order valence-corrected chi connectivity index (χ0v) is 15.3. The monoisotopic (exact) mass is 352 g/mol. The lowest BCUT2D eigenvalue weighted by Crippen LogP contribution is -2.39. The molecule has 0 saturated carbocycles. The van der Waals surface area contributed by atoms with Gasteiger partial charge in [0, 0.05) is 24.9 Å². The number of aryl methyl sites for hydroxylation is 1. The molecule has 2 aromatic rings. The molecule has 1 saturated heterocycles. The van der Waals surface area contributed by atoms with Crippen LogP contribution < -0.4 is 4.74 Å². The summed E-state index contributed by atoms with van der Waals surface area (Å²) in [4.78, 5) is 19.7. The quantitative estimate of drug-likeness (QED) is 0.848. The minimum Gasteiger partial charge on any atom is -0.497 e. The van der Waals surface area contributed by atoms with Gasteiger partial charge < -0.3 is 14.4 Å². The number of benzene rings is 1. The molecule has 0 radical (unpaired) electrons. The lowest BCUT2D eigenvalue weighted by atomic mass is 10.0. The number of carbonyl (C=O) groups excluding carboxylic acids is 1. The number of hydrogen-bond acceptors (Lipinski definition) is 4. The molecule has 1 fully saturated rings. The Bertz CT molecular complexity index is 828. The lowest BCUT2D eigenvalue weighted by molar-refractivity contribution is 0.0302. The maximum absolute atomic E-state index is 12.9. The fourth-order valence-electron chi connectivity index (χ4n) is 3.86. The van der Waals surface area contributed by atoms with E-state index in [9.17, 15) is 4.79 Å². The summed E-state index contributed by atoms with van der Waals surface area (Å²) in [7, 11) is 1.67. The molecule has 136 valence electrons. The van der Waals surface area contributed by atoms with Crippen molar-refractivity contribution >= 4 is 5.91 Å². The summed E-state index contributed by atoms with van der Waals surface area (Å²) in [6, 6.07) is 10.3. The molecule has 26 heavy (non-hydrogen) atoms. The first kappa shape index (κ1) is 17.0. The molecule has 1 aromatic heterocycles. The number of hydrogen-bond donors (Lipinski definition) is 0. The van der Waals surface area contributed by atoms with Crippen LogP contribution in [0.4, 0.5) is 0 Å². The molecule has 0 bridgehead atoms. The molecule has 1 amide bonds. The Balaban J connectivity index is 1.59. The van der Waals surface area contributed by atoms with E-state index in [-0.39, 0.29) is 11.9 Å². The van der Waals surface area contributed by atoms with Crippen LogP contribution in [-0.2, 0) is 17.7 Å². The molecular formula is C21H24N2O3. The first-order chi connectivity index (χ1) is 12.7. The van der Waals surface area contributed by atoms with Gasteiger partial charge in [0.25, 0.3) is 5.91 Å². The second-order valence-corrected chi connectivity index (χ2v) is 7.03. The predicted octanol–water partition coefficient (Wildman–Crippen LogP) is 3.12. The van der Waals surface area contributed by atoms with Crippen LogP contribution in [0, 0.1) is 6.92 Å².